The van der Waals surface area contributed by atoms with Gasteiger partial charge in [0.1, 0.15) is 17.4 Å². The predicted molar refractivity (Wildman–Crippen MR) is 136 cm³/mol. The molecule has 1 saturated heterocycles. The summed E-state index contributed by atoms with van der Waals surface area (Å²) < 4.78 is 7.50. The van der Waals surface area contributed by atoms with Crippen molar-refractivity contribution < 1.29 is 19.2 Å². The Morgan fingerprint density at radius 3 is 2.49 bits per heavy atom. The van der Waals surface area contributed by atoms with Crippen LogP contribution in [-0.2, 0) is 4.79 Å². The molecule has 4 rings (SSSR count). The fourth-order valence-electron chi connectivity index (χ4n) is 3.83. The standard InChI is InChI=1S/C25H22ClN3O5S/c1-15-4-7-20(8-5-15)34-11-10-27-24(30)23(35-25(27)31)13-18-12-16(2)28(17(18)3)19-6-9-21(26)22(14-19)29(32)33/h4-9,12-14H,10-11H2,1-3H3/b23-13-. The molecule has 0 N–H and O–H groups in total. The Balaban J connectivity index is 1.52. The second-order valence-corrected chi connectivity index (χ2v) is 9.45. The van der Waals surface area contributed by atoms with Crippen molar-refractivity contribution in [2.45, 2.75) is 20.8 Å². The van der Waals surface area contributed by atoms with Gasteiger partial charge >= 0.3 is 0 Å². The number of halogens is 1. The Morgan fingerprint density at radius 2 is 1.80 bits per heavy atom. The summed E-state index contributed by atoms with van der Waals surface area (Å²) in [4.78, 5) is 37.6. The van der Waals surface area contributed by atoms with Crippen molar-refractivity contribution in [1.29, 1.82) is 0 Å². The molecule has 35 heavy (non-hydrogen) atoms. The molecule has 8 nitrogen and oxygen atoms in total. The Hall–Kier alpha value is -3.56. The van der Waals surface area contributed by atoms with Gasteiger partial charge in [0.05, 0.1) is 22.1 Å². The van der Waals surface area contributed by atoms with Gasteiger partial charge in [0.2, 0.25) is 0 Å². The number of thioether (sulfide) groups is 1. The van der Waals surface area contributed by atoms with Gasteiger partial charge in [-0.15, -0.1) is 0 Å². The van der Waals surface area contributed by atoms with E-state index in [1.54, 1.807) is 12.1 Å². The number of aryl methyl sites for hydroxylation is 2. The highest BCUT2D eigenvalue weighted by molar-refractivity contribution is 8.18. The SMILES string of the molecule is Cc1ccc(OCCN2C(=O)S/C(=C\c3cc(C)n(-c4ccc(Cl)c([N+](=O)[O-])c4)c3C)C2=O)cc1. The van der Waals surface area contributed by atoms with Gasteiger partial charge in [-0.2, -0.15) is 0 Å². The number of imide groups is 1. The van der Waals surface area contributed by atoms with E-state index in [9.17, 15) is 19.7 Å². The lowest BCUT2D eigenvalue weighted by Gasteiger charge is -2.13. The number of amides is 2. The number of carbonyl (C=O) groups excluding carboxylic acids is 2. The lowest BCUT2D eigenvalue weighted by Crippen LogP contribution is -2.32. The van der Waals surface area contributed by atoms with Crippen molar-refractivity contribution in [1.82, 2.24) is 9.47 Å². The lowest BCUT2D eigenvalue weighted by molar-refractivity contribution is -0.384. The van der Waals surface area contributed by atoms with Crippen LogP contribution >= 0.6 is 23.4 Å². The molecule has 1 aliphatic rings. The molecule has 1 fully saturated rings. The van der Waals surface area contributed by atoms with Crippen molar-refractivity contribution >= 4 is 46.3 Å². The molecule has 10 heteroatoms. The van der Waals surface area contributed by atoms with E-state index in [0.717, 1.165) is 34.3 Å². The summed E-state index contributed by atoms with van der Waals surface area (Å²) in [6, 6.07) is 14.0. The largest absolute Gasteiger partial charge is 0.492 e. The highest BCUT2D eigenvalue weighted by atomic mass is 35.5. The van der Waals surface area contributed by atoms with Gasteiger partial charge in [-0.25, -0.2) is 0 Å². The van der Waals surface area contributed by atoms with E-state index >= 15 is 0 Å². The summed E-state index contributed by atoms with van der Waals surface area (Å²) in [6.45, 7) is 6.02. The first-order chi connectivity index (χ1) is 16.7. The van der Waals surface area contributed by atoms with Crippen LogP contribution in [0.25, 0.3) is 11.8 Å². The van der Waals surface area contributed by atoms with E-state index in [1.165, 1.54) is 17.0 Å². The number of ether oxygens (including phenoxy) is 1. The molecule has 0 aliphatic carbocycles. The van der Waals surface area contributed by atoms with Crippen LogP contribution in [0.1, 0.15) is 22.5 Å². The zero-order valence-electron chi connectivity index (χ0n) is 19.3. The maximum Gasteiger partial charge on any atom is 0.293 e. The normalized spacial score (nSPS) is 14.7. The predicted octanol–water partition coefficient (Wildman–Crippen LogP) is 6.08. The van der Waals surface area contributed by atoms with Gasteiger partial charge in [-0.05, 0) is 74.5 Å². The second-order valence-electron chi connectivity index (χ2n) is 8.05. The maximum absolute atomic E-state index is 12.9. The van der Waals surface area contributed by atoms with Crippen molar-refractivity contribution in [2.24, 2.45) is 0 Å². The summed E-state index contributed by atoms with van der Waals surface area (Å²) in [5, 5.41) is 11.0. The van der Waals surface area contributed by atoms with Crippen molar-refractivity contribution in [3.05, 3.63) is 91.1 Å². The van der Waals surface area contributed by atoms with Crippen LogP contribution in [-0.4, -0.2) is 38.7 Å². The van der Waals surface area contributed by atoms with E-state index in [0.29, 0.717) is 16.3 Å². The van der Waals surface area contributed by atoms with Gasteiger partial charge in [-0.1, -0.05) is 29.3 Å². The van der Waals surface area contributed by atoms with Crippen LogP contribution in [0.15, 0.2) is 53.4 Å². The second kappa shape index (κ2) is 9.97. The van der Waals surface area contributed by atoms with E-state index in [4.69, 9.17) is 16.3 Å². The number of aromatic nitrogens is 1. The molecule has 0 radical (unpaired) electrons. The highest BCUT2D eigenvalue weighted by Gasteiger charge is 2.35. The molecule has 3 aromatic rings. The summed E-state index contributed by atoms with van der Waals surface area (Å²) in [5.74, 6) is 0.299. The van der Waals surface area contributed by atoms with Gasteiger partial charge in [-0.3, -0.25) is 24.6 Å². The highest BCUT2D eigenvalue weighted by Crippen LogP contribution is 2.34. The number of hydrogen-bond acceptors (Lipinski definition) is 6. The molecule has 0 atom stereocenters. The van der Waals surface area contributed by atoms with Crippen LogP contribution < -0.4 is 4.74 Å². The summed E-state index contributed by atoms with van der Waals surface area (Å²) >= 11 is 6.83. The van der Waals surface area contributed by atoms with Gasteiger partial charge in [0.25, 0.3) is 16.8 Å². The van der Waals surface area contributed by atoms with E-state index < -0.39 is 4.92 Å². The maximum atomic E-state index is 12.9. The topological polar surface area (TPSA) is 94.7 Å². The summed E-state index contributed by atoms with van der Waals surface area (Å²) in [7, 11) is 0. The van der Waals surface area contributed by atoms with Crippen molar-refractivity contribution in [3.8, 4) is 11.4 Å². The molecular formula is C25H22ClN3O5S. The first-order valence-corrected chi connectivity index (χ1v) is 11.9. The number of nitrogens with zero attached hydrogens (tertiary/aromatic N) is 3. The monoisotopic (exact) mass is 511 g/mol. The summed E-state index contributed by atoms with van der Waals surface area (Å²) in [6.07, 6.45) is 1.68. The number of hydrogen-bond donors (Lipinski definition) is 0. The quantitative estimate of drug-likeness (QED) is 0.217. The third-order valence-electron chi connectivity index (χ3n) is 5.62. The van der Waals surface area contributed by atoms with Crippen molar-refractivity contribution in [2.75, 3.05) is 13.2 Å². The molecule has 0 bridgehead atoms. The third kappa shape index (κ3) is 5.11. The van der Waals surface area contributed by atoms with Crippen LogP contribution in [0.3, 0.4) is 0 Å². The van der Waals surface area contributed by atoms with Crippen molar-refractivity contribution in [3.63, 3.8) is 0 Å². The minimum atomic E-state index is -0.528. The number of nitro groups is 1. The zero-order valence-corrected chi connectivity index (χ0v) is 20.9. The number of carbonyl (C=O) groups is 2. The van der Waals surface area contributed by atoms with Gasteiger partial charge < -0.3 is 9.30 Å². The van der Waals surface area contributed by atoms with E-state index in [2.05, 4.69) is 0 Å². The smallest absolute Gasteiger partial charge is 0.293 e. The average molecular weight is 512 g/mol. The minimum Gasteiger partial charge on any atom is -0.492 e. The molecule has 2 aromatic carbocycles. The molecule has 0 spiro atoms. The lowest BCUT2D eigenvalue weighted by atomic mass is 10.2. The Bertz CT molecular complexity index is 1360. The number of nitro benzene ring substituents is 1. The number of rotatable bonds is 7. The third-order valence-corrected chi connectivity index (χ3v) is 6.85. The fraction of sp³-hybridized carbons (Fsp3) is 0.200. The van der Waals surface area contributed by atoms with Crippen LogP contribution in [0.4, 0.5) is 10.5 Å². The molecule has 1 aromatic heterocycles. The van der Waals surface area contributed by atoms with Crippen LogP contribution in [0, 0.1) is 30.9 Å². The molecule has 0 saturated carbocycles. The van der Waals surface area contributed by atoms with Crippen LogP contribution in [0.2, 0.25) is 5.02 Å². The molecule has 0 unspecified atom stereocenters. The Morgan fingerprint density at radius 1 is 1.09 bits per heavy atom. The molecule has 2 heterocycles. The Kier molecular flexibility index (Phi) is 7.00. The fourth-order valence-corrected chi connectivity index (χ4v) is 4.88. The van der Waals surface area contributed by atoms with E-state index in [1.807, 2.05) is 55.7 Å². The van der Waals surface area contributed by atoms with E-state index in [-0.39, 0.29) is 35.0 Å². The van der Waals surface area contributed by atoms with Gasteiger partial charge in [0.15, 0.2) is 0 Å². The van der Waals surface area contributed by atoms with Crippen LogP contribution in [0.5, 0.6) is 5.75 Å². The first-order valence-electron chi connectivity index (χ1n) is 10.7. The molecule has 1 aliphatic heterocycles. The molecule has 180 valence electrons. The molecular weight excluding hydrogens is 490 g/mol. The van der Waals surface area contributed by atoms with Gasteiger partial charge in [0, 0.05) is 17.5 Å². The minimum absolute atomic E-state index is 0.0569. The summed E-state index contributed by atoms with van der Waals surface area (Å²) in [5.41, 5.74) is 3.83. The zero-order chi connectivity index (χ0) is 25.3. The number of benzene rings is 2. The molecule has 2 amide bonds. The average Bonchev–Trinajstić information content (AvgIpc) is 3.24. The Labute approximate surface area is 211 Å². The first kappa shape index (κ1) is 24.6.